The summed E-state index contributed by atoms with van der Waals surface area (Å²) in [5, 5.41) is 3.01. The van der Waals surface area contributed by atoms with Gasteiger partial charge in [-0.25, -0.2) is 4.79 Å². The van der Waals surface area contributed by atoms with Crippen molar-refractivity contribution in [1.29, 1.82) is 0 Å². The Hall–Kier alpha value is -3.98. The Labute approximate surface area is 221 Å². The van der Waals surface area contributed by atoms with Crippen molar-refractivity contribution < 1.29 is 9.59 Å². The van der Waals surface area contributed by atoms with Crippen molar-refractivity contribution >= 4 is 17.5 Å². The van der Waals surface area contributed by atoms with Crippen LogP contribution in [0, 0.1) is 6.92 Å². The Morgan fingerprint density at radius 1 is 1.00 bits per heavy atom. The monoisotopic (exact) mass is 517 g/mol. The topological polar surface area (TPSA) is 119 Å². The summed E-state index contributed by atoms with van der Waals surface area (Å²) in [5.41, 5.74) is 7.82. The summed E-state index contributed by atoms with van der Waals surface area (Å²) in [7, 11) is 0. The van der Waals surface area contributed by atoms with Gasteiger partial charge in [0.05, 0.1) is 19.1 Å². The molecule has 9 nitrogen and oxygen atoms in total. The third-order valence-electron chi connectivity index (χ3n) is 7.22. The number of likely N-dealkylation sites (tertiary alicyclic amines) is 1. The van der Waals surface area contributed by atoms with Gasteiger partial charge in [0.15, 0.2) is 5.78 Å². The molecule has 0 radical (unpaired) electrons. The molecule has 1 atom stereocenters. The third-order valence-corrected chi connectivity index (χ3v) is 7.22. The number of nitrogens with two attached hydrogens (primary N) is 1. The van der Waals surface area contributed by atoms with Crippen LogP contribution in [0.2, 0.25) is 0 Å². The van der Waals surface area contributed by atoms with Crippen LogP contribution in [0.15, 0.2) is 64.2 Å². The number of nitrogens with zero attached hydrogens (tertiary/aromatic N) is 3. The van der Waals surface area contributed by atoms with Gasteiger partial charge in [0.1, 0.15) is 11.4 Å². The second-order valence-electron chi connectivity index (χ2n) is 9.71. The highest BCUT2D eigenvalue weighted by atomic mass is 16.2. The molecule has 38 heavy (non-hydrogen) atoms. The molecule has 200 valence electrons. The maximum Gasteiger partial charge on any atom is 0.332 e. The highest BCUT2D eigenvalue weighted by Gasteiger charge is 2.32. The number of rotatable bonds is 9. The van der Waals surface area contributed by atoms with Gasteiger partial charge >= 0.3 is 5.69 Å². The number of hydrogen-bond donors (Lipinski definition) is 2. The molecule has 1 aromatic heterocycles. The number of aryl methyl sites for hydroxylation is 1. The lowest BCUT2D eigenvalue weighted by Gasteiger charge is -2.34. The molecule has 9 heteroatoms. The lowest BCUT2D eigenvalue weighted by Crippen LogP contribution is -2.52. The number of anilines is 1. The average Bonchev–Trinajstić information content (AvgIpc) is 2.91. The van der Waals surface area contributed by atoms with E-state index in [-0.39, 0.29) is 36.9 Å². The summed E-state index contributed by atoms with van der Waals surface area (Å²) in [6.07, 6.45) is 2.34. The summed E-state index contributed by atoms with van der Waals surface area (Å²) < 4.78 is 2.31. The number of ketones is 1. The smallest absolute Gasteiger partial charge is 0.332 e. The lowest BCUT2D eigenvalue weighted by molar-refractivity contribution is -0.127. The van der Waals surface area contributed by atoms with Crippen LogP contribution in [0.3, 0.4) is 0 Å². The summed E-state index contributed by atoms with van der Waals surface area (Å²) >= 11 is 0. The van der Waals surface area contributed by atoms with E-state index in [1.807, 2.05) is 66.4 Å². The minimum atomic E-state index is -0.693. The normalized spacial score (nSPS) is 15.8. The van der Waals surface area contributed by atoms with Crippen LogP contribution < -0.4 is 22.3 Å². The van der Waals surface area contributed by atoms with Crippen LogP contribution in [-0.2, 0) is 24.4 Å². The second-order valence-corrected chi connectivity index (χ2v) is 9.71. The van der Waals surface area contributed by atoms with Crippen LogP contribution in [-0.4, -0.2) is 44.9 Å². The van der Waals surface area contributed by atoms with E-state index in [2.05, 4.69) is 5.32 Å². The zero-order valence-corrected chi connectivity index (χ0v) is 22.0. The van der Waals surface area contributed by atoms with Crippen molar-refractivity contribution in [2.45, 2.75) is 58.8 Å². The van der Waals surface area contributed by atoms with Crippen LogP contribution in [0.25, 0.3) is 0 Å². The molecule has 1 aliphatic rings. The third kappa shape index (κ3) is 5.78. The van der Waals surface area contributed by atoms with Gasteiger partial charge in [0, 0.05) is 13.1 Å². The molecule has 3 N–H and O–H groups in total. The summed E-state index contributed by atoms with van der Waals surface area (Å²) in [6.45, 7) is 4.76. The van der Waals surface area contributed by atoms with E-state index in [1.54, 1.807) is 6.92 Å². The van der Waals surface area contributed by atoms with Crippen molar-refractivity contribution in [2.75, 3.05) is 18.8 Å². The van der Waals surface area contributed by atoms with E-state index in [1.165, 1.54) is 4.57 Å². The number of nitrogen functional groups attached to an aromatic ring is 1. The molecule has 2 aromatic carbocycles. The highest BCUT2D eigenvalue weighted by molar-refractivity contribution is 6.01. The molecule has 1 amide bonds. The minimum Gasteiger partial charge on any atom is -0.384 e. The highest BCUT2D eigenvalue weighted by Crippen LogP contribution is 2.19. The van der Waals surface area contributed by atoms with Crippen LogP contribution in [0.1, 0.15) is 53.2 Å². The molecule has 3 aromatic rings. The predicted molar refractivity (Wildman–Crippen MR) is 147 cm³/mol. The van der Waals surface area contributed by atoms with Crippen molar-refractivity contribution in [3.05, 3.63) is 97.7 Å². The van der Waals surface area contributed by atoms with Crippen LogP contribution in [0.4, 0.5) is 5.82 Å². The Morgan fingerprint density at radius 2 is 1.71 bits per heavy atom. The average molecular weight is 518 g/mol. The zero-order chi connectivity index (χ0) is 27.2. The fraction of sp³-hybridized carbons (Fsp3) is 0.379. The van der Waals surface area contributed by atoms with Crippen molar-refractivity contribution in [3.63, 3.8) is 0 Å². The number of carbonyl (C=O) groups is 2. The molecule has 2 heterocycles. The molecule has 1 fully saturated rings. The van der Waals surface area contributed by atoms with Crippen LogP contribution in [0.5, 0.6) is 0 Å². The van der Waals surface area contributed by atoms with Gasteiger partial charge in [-0.05, 0) is 49.9 Å². The molecule has 0 saturated carbocycles. The molecular weight excluding hydrogens is 482 g/mol. The summed E-state index contributed by atoms with van der Waals surface area (Å²) in [4.78, 5) is 54.7. The van der Waals surface area contributed by atoms with E-state index in [0.717, 1.165) is 34.1 Å². The van der Waals surface area contributed by atoms with Gasteiger partial charge in [-0.15, -0.1) is 0 Å². The molecule has 1 unspecified atom stereocenters. The first-order valence-electron chi connectivity index (χ1n) is 13.1. The lowest BCUT2D eigenvalue weighted by atomic mass is 10.00. The molecular formula is C29H35N5O4. The molecule has 4 rings (SSSR count). The molecule has 0 bridgehead atoms. The largest absolute Gasteiger partial charge is 0.384 e. The fourth-order valence-corrected chi connectivity index (χ4v) is 5.02. The van der Waals surface area contributed by atoms with Crippen molar-refractivity contribution in [2.24, 2.45) is 0 Å². The number of piperidine rings is 1. The SMILES string of the molecule is CCn1c(=O)c(C(=O)CN2CCCCC2C(=O)NCc2ccccc2C)c(N)n(Cc2ccccc2)c1=O. The number of benzene rings is 2. The zero-order valence-electron chi connectivity index (χ0n) is 22.0. The number of carbonyl (C=O) groups excluding carboxylic acids is 2. The molecule has 1 saturated heterocycles. The first kappa shape index (κ1) is 27.1. The Morgan fingerprint density at radius 3 is 2.42 bits per heavy atom. The fourth-order valence-electron chi connectivity index (χ4n) is 5.02. The first-order valence-corrected chi connectivity index (χ1v) is 13.1. The van der Waals surface area contributed by atoms with Gasteiger partial charge in [0.2, 0.25) is 5.91 Å². The molecule has 0 aliphatic carbocycles. The Balaban J connectivity index is 1.57. The number of aromatic nitrogens is 2. The van der Waals surface area contributed by atoms with E-state index < -0.39 is 23.1 Å². The van der Waals surface area contributed by atoms with Gasteiger partial charge < -0.3 is 11.1 Å². The molecule has 0 spiro atoms. The van der Waals surface area contributed by atoms with E-state index in [9.17, 15) is 19.2 Å². The van der Waals surface area contributed by atoms with Gasteiger partial charge in [-0.2, -0.15) is 0 Å². The number of nitrogens with one attached hydrogen (secondary N) is 1. The number of hydrogen-bond acceptors (Lipinski definition) is 6. The summed E-state index contributed by atoms with van der Waals surface area (Å²) in [5.74, 6) is -0.778. The quantitative estimate of drug-likeness (QED) is 0.421. The van der Waals surface area contributed by atoms with Crippen molar-refractivity contribution in [3.8, 4) is 0 Å². The minimum absolute atomic E-state index is 0.112. The van der Waals surface area contributed by atoms with Crippen LogP contribution >= 0.6 is 0 Å². The Kier molecular flexibility index (Phi) is 8.58. The second kappa shape index (κ2) is 12.0. The number of amides is 1. The number of Topliss-reactive ketones (excluding diaryl/α,β-unsaturated/α-hetero) is 1. The van der Waals surface area contributed by atoms with Crippen molar-refractivity contribution in [1.82, 2.24) is 19.4 Å². The van der Waals surface area contributed by atoms with E-state index in [4.69, 9.17) is 5.73 Å². The Bertz CT molecular complexity index is 1430. The van der Waals surface area contributed by atoms with E-state index in [0.29, 0.717) is 19.5 Å². The molecule has 1 aliphatic heterocycles. The van der Waals surface area contributed by atoms with E-state index >= 15 is 0 Å². The summed E-state index contributed by atoms with van der Waals surface area (Å²) in [6, 6.07) is 16.6. The first-order chi connectivity index (χ1) is 18.3. The van der Waals surface area contributed by atoms with Gasteiger partial charge in [0.25, 0.3) is 5.56 Å². The maximum absolute atomic E-state index is 13.5. The standard InChI is InChI=1S/C29H35N5O4/c1-3-33-28(37)25(26(30)34(29(33)38)18-21-12-5-4-6-13-21)24(35)19-32-16-10-9-15-23(32)27(36)31-17-22-14-8-7-11-20(22)2/h4-8,11-14,23H,3,9-10,15-19,30H2,1-2H3,(H,31,36). The van der Waals surface area contributed by atoms with Gasteiger partial charge in [-0.3, -0.25) is 28.4 Å². The van der Waals surface area contributed by atoms with Gasteiger partial charge in [-0.1, -0.05) is 61.0 Å². The predicted octanol–water partition coefficient (Wildman–Crippen LogP) is 2.32. The maximum atomic E-state index is 13.5.